The van der Waals surface area contributed by atoms with E-state index in [0.717, 1.165) is 22.8 Å². The molecule has 3 nitrogen and oxygen atoms in total. The van der Waals surface area contributed by atoms with Gasteiger partial charge in [0.15, 0.2) is 0 Å². The number of pyridine rings is 1. The number of para-hydroxylation sites is 1. The van der Waals surface area contributed by atoms with Gasteiger partial charge in [-0.3, -0.25) is 0 Å². The van der Waals surface area contributed by atoms with Gasteiger partial charge in [-0.2, -0.15) is 0 Å². The lowest BCUT2D eigenvalue weighted by Crippen LogP contribution is -1.99. The maximum Gasteiger partial charge on any atom is 0.134 e. The number of hydrogen-bond donors (Lipinski definition) is 1. The van der Waals surface area contributed by atoms with Gasteiger partial charge in [-0.25, -0.2) is 4.98 Å². The standard InChI is InChI=1S/C18H18N2O/c1-12-13(2)18(20-17-7-5-4-6-16(12)17)19-14-8-10-15(21-3)11-9-14/h4-11H,1-3H3,(H,19,20). The molecule has 106 valence electrons. The monoisotopic (exact) mass is 278 g/mol. The highest BCUT2D eigenvalue weighted by Gasteiger charge is 2.08. The quantitative estimate of drug-likeness (QED) is 0.760. The Morgan fingerprint density at radius 2 is 1.62 bits per heavy atom. The Kier molecular flexibility index (Phi) is 3.48. The summed E-state index contributed by atoms with van der Waals surface area (Å²) in [6.07, 6.45) is 0. The van der Waals surface area contributed by atoms with Crippen molar-refractivity contribution in [3.8, 4) is 5.75 Å². The Balaban J connectivity index is 2.01. The largest absolute Gasteiger partial charge is 0.497 e. The Hall–Kier alpha value is -2.55. The van der Waals surface area contributed by atoms with Crippen molar-refractivity contribution in [3.05, 3.63) is 59.7 Å². The van der Waals surface area contributed by atoms with Crippen molar-refractivity contribution in [1.29, 1.82) is 0 Å². The Morgan fingerprint density at radius 1 is 0.905 bits per heavy atom. The normalized spacial score (nSPS) is 10.6. The molecule has 1 heterocycles. The van der Waals surface area contributed by atoms with Crippen molar-refractivity contribution in [1.82, 2.24) is 4.98 Å². The molecule has 0 aliphatic rings. The van der Waals surface area contributed by atoms with E-state index in [2.05, 4.69) is 25.2 Å². The van der Waals surface area contributed by atoms with Crippen LogP contribution < -0.4 is 10.1 Å². The van der Waals surface area contributed by atoms with E-state index in [9.17, 15) is 0 Å². The third-order valence-corrected chi connectivity index (χ3v) is 3.81. The minimum Gasteiger partial charge on any atom is -0.497 e. The van der Waals surface area contributed by atoms with Gasteiger partial charge in [0.2, 0.25) is 0 Å². The second kappa shape index (κ2) is 5.44. The SMILES string of the molecule is COc1ccc(Nc2nc3ccccc3c(C)c2C)cc1. The zero-order valence-corrected chi connectivity index (χ0v) is 12.5. The van der Waals surface area contributed by atoms with Crippen molar-refractivity contribution >= 4 is 22.4 Å². The summed E-state index contributed by atoms with van der Waals surface area (Å²) in [5.74, 6) is 1.75. The second-order valence-electron chi connectivity index (χ2n) is 5.08. The molecule has 0 saturated heterocycles. The fraction of sp³-hybridized carbons (Fsp3) is 0.167. The molecule has 1 aromatic heterocycles. The number of methoxy groups -OCH3 is 1. The highest BCUT2D eigenvalue weighted by atomic mass is 16.5. The zero-order chi connectivity index (χ0) is 14.8. The van der Waals surface area contributed by atoms with Gasteiger partial charge in [0.05, 0.1) is 12.6 Å². The molecule has 0 radical (unpaired) electrons. The van der Waals surface area contributed by atoms with E-state index in [4.69, 9.17) is 9.72 Å². The first-order chi connectivity index (χ1) is 10.2. The molecule has 0 aliphatic heterocycles. The van der Waals surface area contributed by atoms with E-state index in [1.807, 2.05) is 42.5 Å². The minimum atomic E-state index is 0.847. The van der Waals surface area contributed by atoms with E-state index in [0.29, 0.717) is 0 Å². The number of nitrogens with one attached hydrogen (secondary N) is 1. The molecule has 1 N–H and O–H groups in total. The predicted octanol–water partition coefficient (Wildman–Crippen LogP) is 4.60. The van der Waals surface area contributed by atoms with Gasteiger partial charge in [-0.1, -0.05) is 18.2 Å². The lowest BCUT2D eigenvalue weighted by atomic mass is 10.1. The molecule has 0 saturated carbocycles. The van der Waals surface area contributed by atoms with Crippen LogP contribution in [-0.2, 0) is 0 Å². The van der Waals surface area contributed by atoms with Crippen LogP contribution >= 0.6 is 0 Å². The molecule has 3 aromatic rings. The van der Waals surface area contributed by atoms with Gasteiger partial charge >= 0.3 is 0 Å². The minimum absolute atomic E-state index is 0.847. The molecule has 0 atom stereocenters. The molecule has 21 heavy (non-hydrogen) atoms. The van der Waals surface area contributed by atoms with Crippen molar-refractivity contribution in [2.24, 2.45) is 0 Å². The van der Waals surface area contributed by atoms with Gasteiger partial charge in [0.25, 0.3) is 0 Å². The number of hydrogen-bond acceptors (Lipinski definition) is 3. The van der Waals surface area contributed by atoms with E-state index in [-0.39, 0.29) is 0 Å². The molecular formula is C18H18N2O. The average molecular weight is 278 g/mol. The Labute approximate surface area is 124 Å². The topological polar surface area (TPSA) is 34.1 Å². The third kappa shape index (κ3) is 2.55. The van der Waals surface area contributed by atoms with E-state index >= 15 is 0 Å². The van der Waals surface area contributed by atoms with Crippen LogP contribution in [0.25, 0.3) is 10.9 Å². The van der Waals surface area contributed by atoms with E-state index in [1.165, 1.54) is 16.5 Å². The average Bonchev–Trinajstić information content (AvgIpc) is 2.53. The maximum atomic E-state index is 5.18. The van der Waals surface area contributed by atoms with Crippen LogP contribution in [-0.4, -0.2) is 12.1 Å². The fourth-order valence-electron chi connectivity index (χ4n) is 2.40. The molecule has 0 spiro atoms. The molecule has 0 bridgehead atoms. The van der Waals surface area contributed by atoms with Gasteiger partial charge in [0.1, 0.15) is 11.6 Å². The van der Waals surface area contributed by atoms with E-state index < -0.39 is 0 Å². The van der Waals surface area contributed by atoms with Crippen LogP contribution in [0.3, 0.4) is 0 Å². The summed E-state index contributed by atoms with van der Waals surface area (Å²) >= 11 is 0. The molecule has 0 amide bonds. The van der Waals surface area contributed by atoms with Crippen LogP contribution in [0.4, 0.5) is 11.5 Å². The summed E-state index contributed by atoms with van der Waals surface area (Å²) in [6.45, 7) is 4.24. The number of rotatable bonds is 3. The first kappa shape index (κ1) is 13.4. The maximum absolute atomic E-state index is 5.18. The molecule has 3 rings (SSSR count). The van der Waals surface area contributed by atoms with Crippen molar-refractivity contribution in [2.75, 3.05) is 12.4 Å². The molecule has 3 heteroatoms. The highest BCUT2D eigenvalue weighted by molar-refractivity contribution is 5.86. The number of ether oxygens (including phenoxy) is 1. The summed E-state index contributed by atoms with van der Waals surface area (Å²) < 4.78 is 5.18. The number of nitrogens with zero attached hydrogens (tertiary/aromatic N) is 1. The first-order valence-electron chi connectivity index (χ1n) is 6.96. The van der Waals surface area contributed by atoms with Gasteiger partial charge in [-0.05, 0) is 55.3 Å². The second-order valence-corrected chi connectivity index (χ2v) is 5.08. The van der Waals surface area contributed by atoms with Crippen LogP contribution in [0.1, 0.15) is 11.1 Å². The lowest BCUT2D eigenvalue weighted by Gasteiger charge is -2.13. The number of fused-ring (bicyclic) bond motifs is 1. The summed E-state index contributed by atoms with van der Waals surface area (Å²) in [5.41, 5.74) is 4.44. The lowest BCUT2D eigenvalue weighted by molar-refractivity contribution is 0.415. The van der Waals surface area contributed by atoms with Crippen molar-refractivity contribution < 1.29 is 4.74 Å². The van der Waals surface area contributed by atoms with Gasteiger partial charge in [-0.15, -0.1) is 0 Å². The first-order valence-corrected chi connectivity index (χ1v) is 6.96. The summed E-state index contributed by atoms with van der Waals surface area (Å²) in [5, 5.41) is 4.59. The molecule has 0 unspecified atom stereocenters. The molecule has 0 fully saturated rings. The number of aryl methyl sites for hydroxylation is 1. The van der Waals surface area contributed by atoms with Crippen LogP contribution in [0.15, 0.2) is 48.5 Å². The van der Waals surface area contributed by atoms with Crippen LogP contribution in [0, 0.1) is 13.8 Å². The van der Waals surface area contributed by atoms with Crippen molar-refractivity contribution in [3.63, 3.8) is 0 Å². The number of aromatic nitrogens is 1. The van der Waals surface area contributed by atoms with Crippen LogP contribution in [0.5, 0.6) is 5.75 Å². The number of benzene rings is 2. The Bertz CT molecular complexity index is 779. The van der Waals surface area contributed by atoms with Crippen LogP contribution in [0.2, 0.25) is 0 Å². The van der Waals surface area contributed by atoms with Crippen molar-refractivity contribution in [2.45, 2.75) is 13.8 Å². The summed E-state index contributed by atoms with van der Waals surface area (Å²) in [6, 6.07) is 16.1. The van der Waals surface area contributed by atoms with Gasteiger partial charge < -0.3 is 10.1 Å². The highest BCUT2D eigenvalue weighted by Crippen LogP contribution is 2.27. The fourth-order valence-corrected chi connectivity index (χ4v) is 2.40. The number of anilines is 2. The van der Waals surface area contributed by atoms with Gasteiger partial charge in [0, 0.05) is 11.1 Å². The smallest absolute Gasteiger partial charge is 0.134 e. The molecule has 2 aromatic carbocycles. The summed E-state index contributed by atoms with van der Waals surface area (Å²) in [4.78, 5) is 4.73. The summed E-state index contributed by atoms with van der Waals surface area (Å²) in [7, 11) is 1.67. The molecular weight excluding hydrogens is 260 g/mol. The molecule has 0 aliphatic carbocycles. The Morgan fingerprint density at radius 3 is 2.33 bits per heavy atom. The third-order valence-electron chi connectivity index (χ3n) is 3.81. The van der Waals surface area contributed by atoms with E-state index in [1.54, 1.807) is 7.11 Å². The predicted molar refractivity (Wildman–Crippen MR) is 87.5 cm³/mol. The zero-order valence-electron chi connectivity index (χ0n) is 12.5.